The molecule has 0 aromatic heterocycles. The summed E-state index contributed by atoms with van der Waals surface area (Å²) in [5.41, 5.74) is 7.60. The lowest BCUT2D eigenvalue weighted by atomic mass is 10.2. The number of halogens is 1. The molecule has 0 aliphatic heterocycles. The van der Waals surface area contributed by atoms with E-state index in [-0.39, 0.29) is 5.84 Å². The van der Waals surface area contributed by atoms with Crippen LogP contribution >= 0.6 is 11.6 Å². The first-order chi connectivity index (χ1) is 8.13. The minimum atomic E-state index is 0.285. The molecule has 1 rings (SSSR count). The van der Waals surface area contributed by atoms with Crippen LogP contribution in [0.4, 0.5) is 5.69 Å². The van der Waals surface area contributed by atoms with E-state index >= 15 is 0 Å². The molecule has 94 valence electrons. The van der Waals surface area contributed by atoms with E-state index < -0.39 is 0 Å². The van der Waals surface area contributed by atoms with Crippen LogP contribution in [0.2, 0.25) is 5.02 Å². The van der Waals surface area contributed by atoms with Crippen LogP contribution < -0.4 is 11.1 Å². The number of nitrogens with two attached hydrogens (primary N) is 1. The molecule has 0 unspecified atom stereocenters. The van der Waals surface area contributed by atoms with Crippen LogP contribution in [0.25, 0.3) is 0 Å². The number of nitrogens with zero attached hydrogens (tertiary/aromatic N) is 1. The predicted molar refractivity (Wildman–Crippen MR) is 71.9 cm³/mol. The lowest BCUT2D eigenvalue weighted by molar-refractivity contribution is 0.316. The molecule has 0 aliphatic rings. The van der Waals surface area contributed by atoms with Gasteiger partial charge in [-0.3, -0.25) is 0 Å². The largest absolute Gasteiger partial charge is 0.409 e. The second-order valence-electron chi connectivity index (χ2n) is 3.93. The molecule has 0 bridgehead atoms. The fraction of sp³-hybridized carbons (Fsp3) is 0.417. The molecule has 0 radical (unpaired) electrons. The molecule has 0 fully saturated rings. The van der Waals surface area contributed by atoms with Gasteiger partial charge >= 0.3 is 0 Å². The van der Waals surface area contributed by atoms with E-state index in [1.54, 1.807) is 0 Å². The third-order valence-corrected chi connectivity index (χ3v) is 2.73. The second kappa shape index (κ2) is 7.01. The molecule has 4 N–H and O–H groups in total. The van der Waals surface area contributed by atoms with Gasteiger partial charge in [0.1, 0.15) is 5.84 Å². The zero-order valence-corrected chi connectivity index (χ0v) is 10.7. The number of nitrogens with one attached hydrogen (secondary N) is 1. The lowest BCUT2D eigenvalue weighted by Crippen LogP contribution is -2.12. The van der Waals surface area contributed by atoms with E-state index in [0.29, 0.717) is 6.42 Å². The third-order valence-electron chi connectivity index (χ3n) is 2.49. The monoisotopic (exact) mass is 255 g/mol. The third kappa shape index (κ3) is 4.95. The van der Waals surface area contributed by atoms with Gasteiger partial charge < -0.3 is 16.3 Å². The molecule has 4 nitrogen and oxygen atoms in total. The smallest absolute Gasteiger partial charge is 0.139 e. The summed E-state index contributed by atoms with van der Waals surface area (Å²) >= 11 is 5.87. The second-order valence-corrected chi connectivity index (χ2v) is 4.37. The van der Waals surface area contributed by atoms with Gasteiger partial charge in [-0.25, -0.2) is 0 Å². The van der Waals surface area contributed by atoms with Gasteiger partial charge in [0.25, 0.3) is 0 Å². The van der Waals surface area contributed by atoms with Gasteiger partial charge in [0.2, 0.25) is 0 Å². The zero-order chi connectivity index (χ0) is 12.7. The number of hydrogen-bond donors (Lipinski definition) is 3. The molecule has 0 amide bonds. The van der Waals surface area contributed by atoms with E-state index in [2.05, 4.69) is 10.5 Å². The molecule has 0 saturated heterocycles. The van der Waals surface area contributed by atoms with Gasteiger partial charge in [0.15, 0.2) is 0 Å². The van der Waals surface area contributed by atoms with Gasteiger partial charge in [-0.05, 0) is 43.5 Å². The number of amidine groups is 1. The summed E-state index contributed by atoms with van der Waals surface area (Å²) < 4.78 is 0. The standard InChI is InChI=1S/C12H18ClN3O/c1-9-8-10(13)5-6-11(9)15-7-3-2-4-12(14)16-17/h5-6,8,15,17H,2-4,7H2,1H3,(H2,14,16). The summed E-state index contributed by atoms with van der Waals surface area (Å²) in [6.45, 7) is 2.88. The summed E-state index contributed by atoms with van der Waals surface area (Å²) in [6, 6.07) is 5.77. The quantitative estimate of drug-likeness (QED) is 0.241. The predicted octanol–water partition coefficient (Wildman–Crippen LogP) is 2.98. The number of hydrogen-bond acceptors (Lipinski definition) is 3. The fourth-order valence-corrected chi connectivity index (χ4v) is 1.76. The average molecular weight is 256 g/mol. The van der Waals surface area contributed by atoms with Crippen LogP contribution in [0.3, 0.4) is 0 Å². The Morgan fingerprint density at radius 2 is 2.24 bits per heavy atom. The van der Waals surface area contributed by atoms with Gasteiger partial charge in [-0.15, -0.1) is 0 Å². The molecular formula is C12H18ClN3O. The Morgan fingerprint density at radius 3 is 2.88 bits per heavy atom. The summed E-state index contributed by atoms with van der Waals surface area (Å²) in [5.74, 6) is 0.285. The van der Waals surface area contributed by atoms with Gasteiger partial charge in [0, 0.05) is 23.7 Å². The molecule has 5 heteroatoms. The highest BCUT2D eigenvalue weighted by molar-refractivity contribution is 6.30. The van der Waals surface area contributed by atoms with Crippen LogP contribution in [0.5, 0.6) is 0 Å². The van der Waals surface area contributed by atoms with E-state index in [1.165, 1.54) is 0 Å². The number of aryl methyl sites for hydroxylation is 1. The number of oxime groups is 1. The van der Waals surface area contributed by atoms with Crippen molar-refractivity contribution in [1.29, 1.82) is 0 Å². The van der Waals surface area contributed by atoms with E-state index in [0.717, 1.165) is 35.7 Å². The van der Waals surface area contributed by atoms with Crippen LogP contribution in [-0.4, -0.2) is 17.6 Å². The first kappa shape index (κ1) is 13.6. The van der Waals surface area contributed by atoms with Crippen LogP contribution in [0.15, 0.2) is 23.4 Å². The molecular weight excluding hydrogens is 238 g/mol. The number of anilines is 1. The number of rotatable bonds is 6. The van der Waals surface area contributed by atoms with Crippen molar-refractivity contribution >= 4 is 23.1 Å². The average Bonchev–Trinajstić information content (AvgIpc) is 2.30. The maximum atomic E-state index is 8.37. The summed E-state index contributed by atoms with van der Waals surface area (Å²) in [7, 11) is 0. The highest BCUT2D eigenvalue weighted by atomic mass is 35.5. The first-order valence-electron chi connectivity index (χ1n) is 5.60. The highest BCUT2D eigenvalue weighted by Gasteiger charge is 1.98. The molecule has 0 saturated carbocycles. The zero-order valence-electron chi connectivity index (χ0n) is 9.91. The summed E-state index contributed by atoms with van der Waals surface area (Å²) in [5, 5.41) is 15.4. The maximum Gasteiger partial charge on any atom is 0.139 e. The molecule has 17 heavy (non-hydrogen) atoms. The number of unbranched alkanes of at least 4 members (excludes halogenated alkanes) is 1. The molecule has 1 aromatic carbocycles. The normalized spacial score (nSPS) is 11.5. The van der Waals surface area contributed by atoms with E-state index in [1.807, 2.05) is 25.1 Å². The molecule has 0 aliphatic carbocycles. The Balaban J connectivity index is 2.27. The van der Waals surface area contributed by atoms with Gasteiger partial charge in [-0.1, -0.05) is 16.8 Å². The Labute approximate surface area is 106 Å². The van der Waals surface area contributed by atoms with Crippen molar-refractivity contribution in [2.75, 3.05) is 11.9 Å². The van der Waals surface area contributed by atoms with Crippen molar-refractivity contribution in [3.63, 3.8) is 0 Å². The molecule has 0 heterocycles. The lowest BCUT2D eigenvalue weighted by Gasteiger charge is -2.09. The topological polar surface area (TPSA) is 70.6 Å². The van der Waals surface area contributed by atoms with Crippen molar-refractivity contribution < 1.29 is 5.21 Å². The van der Waals surface area contributed by atoms with Crippen molar-refractivity contribution in [2.45, 2.75) is 26.2 Å². The molecule has 0 spiro atoms. The van der Waals surface area contributed by atoms with Crippen LogP contribution in [-0.2, 0) is 0 Å². The fourth-order valence-electron chi connectivity index (χ4n) is 1.53. The van der Waals surface area contributed by atoms with Crippen molar-refractivity contribution in [1.82, 2.24) is 0 Å². The Kier molecular flexibility index (Phi) is 5.63. The maximum absolute atomic E-state index is 8.37. The van der Waals surface area contributed by atoms with Crippen LogP contribution in [0.1, 0.15) is 24.8 Å². The van der Waals surface area contributed by atoms with Crippen molar-refractivity contribution in [3.8, 4) is 0 Å². The Morgan fingerprint density at radius 1 is 1.47 bits per heavy atom. The molecule has 0 atom stereocenters. The van der Waals surface area contributed by atoms with E-state index in [9.17, 15) is 0 Å². The number of benzene rings is 1. The SMILES string of the molecule is Cc1cc(Cl)ccc1NCCCC/C(N)=N/O. The van der Waals surface area contributed by atoms with Crippen molar-refractivity contribution in [2.24, 2.45) is 10.9 Å². The Bertz CT molecular complexity index is 393. The first-order valence-corrected chi connectivity index (χ1v) is 5.97. The van der Waals surface area contributed by atoms with Gasteiger partial charge in [0.05, 0.1) is 0 Å². The minimum absolute atomic E-state index is 0.285. The Hall–Kier alpha value is -1.42. The van der Waals surface area contributed by atoms with Crippen molar-refractivity contribution in [3.05, 3.63) is 28.8 Å². The summed E-state index contributed by atoms with van der Waals surface area (Å²) in [6.07, 6.45) is 2.49. The molecule has 1 aromatic rings. The van der Waals surface area contributed by atoms with E-state index in [4.69, 9.17) is 22.5 Å². The highest BCUT2D eigenvalue weighted by Crippen LogP contribution is 2.19. The summed E-state index contributed by atoms with van der Waals surface area (Å²) in [4.78, 5) is 0. The minimum Gasteiger partial charge on any atom is -0.409 e. The van der Waals surface area contributed by atoms with Crippen LogP contribution in [0, 0.1) is 6.92 Å². The van der Waals surface area contributed by atoms with Gasteiger partial charge in [-0.2, -0.15) is 0 Å².